The van der Waals surface area contributed by atoms with Gasteiger partial charge in [-0.1, -0.05) is 210 Å². The molecule has 0 saturated carbocycles. The molecular weight excluding hydrogens is 904 g/mol. The number of unbranched alkanes of at least 4 members (excludes halogenated alkanes) is 25. The zero-order valence-electron chi connectivity index (χ0n) is 44.7. The van der Waals surface area contributed by atoms with Gasteiger partial charge in [0.1, 0.15) is 12.7 Å². The number of allylic oxidation sites excluding steroid dienone is 10. The summed E-state index contributed by atoms with van der Waals surface area (Å²) in [4.78, 5) is 48.5. The lowest BCUT2D eigenvalue weighted by molar-refractivity contribution is -0.161. The molecule has 2 N–H and O–H groups in total. The van der Waals surface area contributed by atoms with Gasteiger partial charge in [0.05, 0.1) is 19.8 Å². The lowest BCUT2D eigenvalue weighted by Gasteiger charge is -2.21. The fraction of sp³-hybridized carbons (Fsp3) is 0.776. The maximum atomic E-state index is 12.9. The van der Waals surface area contributed by atoms with Crippen LogP contribution in [0.4, 0.5) is 0 Å². The second kappa shape index (κ2) is 52.5. The average Bonchev–Trinajstić information content (AvgIpc) is 3.35. The van der Waals surface area contributed by atoms with Gasteiger partial charge in [-0.25, -0.2) is 4.57 Å². The molecule has 0 aliphatic carbocycles. The average molecular weight is 1010 g/mol. The van der Waals surface area contributed by atoms with E-state index in [2.05, 4.69) is 81.5 Å². The topological polar surface area (TPSA) is 155 Å². The first-order valence-corrected chi connectivity index (χ1v) is 29.7. The molecule has 0 amide bonds. The highest BCUT2D eigenvalue weighted by atomic mass is 31.2. The van der Waals surface area contributed by atoms with E-state index in [1.54, 1.807) is 0 Å². The number of hydrogen-bond acceptors (Lipinski definition) is 10. The maximum Gasteiger partial charge on any atom is 0.472 e. The molecule has 3 unspecified atom stereocenters. The zero-order valence-corrected chi connectivity index (χ0v) is 45.6. The molecule has 406 valence electrons. The third kappa shape index (κ3) is 50.1. The van der Waals surface area contributed by atoms with Crippen molar-refractivity contribution in [2.45, 2.75) is 264 Å². The van der Waals surface area contributed by atoms with E-state index in [9.17, 15) is 28.9 Å². The normalized spacial score (nSPS) is 13.8. The maximum absolute atomic E-state index is 12.9. The minimum Gasteiger partial charge on any atom is -0.462 e. The Morgan fingerprint density at radius 2 is 0.743 bits per heavy atom. The fourth-order valence-corrected chi connectivity index (χ4v) is 8.42. The van der Waals surface area contributed by atoms with Crippen LogP contribution in [0.15, 0.2) is 60.8 Å². The van der Waals surface area contributed by atoms with Gasteiger partial charge in [-0.3, -0.25) is 23.4 Å². The summed E-state index contributed by atoms with van der Waals surface area (Å²) < 4.78 is 39.5. The Hall–Kier alpha value is -2.82. The zero-order chi connectivity index (χ0) is 51.3. The van der Waals surface area contributed by atoms with Crippen molar-refractivity contribution in [3.63, 3.8) is 0 Å². The molecule has 70 heavy (non-hydrogen) atoms. The Bertz CT molecular complexity index is 1410. The number of ether oxygens (including phenoxy) is 3. The highest BCUT2D eigenvalue weighted by Gasteiger charge is 2.28. The molecule has 0 saturated heterocycles. The molecule has 0 radical (unpaired) electrons. The minimum atomic E-state index is -4.75. The molecule has 0 aromatic heterocycles. The largest absolute Gasteiger partial charge is 0.472 e. The predicted molar refractivity (Wildman–Crippen MR) is 288 cm³/mol. The number of aliphatic hydroxyl groups is 1. The lowest BCUT2D eigenvalue weighted by Crippen LogP contribution is -2.30. The van der Waals surface area contributed by atoms with Crippen LogP contribution >= 0.6 is 7.82 Å². The van der Waals surface area contributed by atoms with E-state index in [1.807, 2.05) is 0 Å². The molecule has 0 aromatic carbocycles. The monoisotopic (exact) mass is 1010 g/mol. The Morgan fingerprint density at radius 3 is 1.17 bits per heavy atom. The first-order chi connectivity index (χ1) is 34.2. The standard InChI is InChI=1S/C58H103O11P/c1-4-7-10-13-16-19-22-25-27-30-32-35-38-41-44-47-56(60)65-51-55(69-58(62)49-46-43-40-37-34-31-28-26-23-20-17-14-11-8-5-2)53-67-70(63,64)66-52-54(50-59)68-57(61)48-45-42-39-36-33-29-24-21-18-15-12-9-6-3/h7,10,16-17,19-20,25-28,54-55,59H,4-6,8-9,11-15,18,21-24,29-53H2,1-3H3,(H,63,64)/b10-7-,19-16-,20-17-,27-25-,28-26-. The summed E-state index contributed by atoms with van der Waals surface area (Å²) >= 11 is 0. The van der Waals surface area contributed by atoms with E-state index in [4.69, 9.17) is 23.3 Å². The van der Waals surface area contributed by atoms with Crippen LogP contribution in [0, 0.1) is 0 Å². The number of phosphoric acid groups is 1. The Balaban J connectivity index is 4.76. The lowest BCUT2D eigenvalue weighted by atomic mass is 10.0. The first-order valence-electron chi connectivity index (χ1n) is 28.2. The molecule has 3 atom stereocenters. The van der Waals surface area contributed by atoms with E-state index in [1.165, 1.54) is 77.0 Å². The van der Waals surface area contributed by atoms with Crippen molar-refractivity contribution in [2.24, 2.45) is 0 Å². The summed E-state index contributed by atoms with van der Waals surface area (Å²) in [5.74, 6) is -1.49. The van der Waals surface area contributed by atoms with Crippen LogP contribution in [-0.2, 0) is 42.2 Å². The number of carbonyl (C=O) groups excluding carboxylic acids is 3. The van der Waals surface area contributed by atoms with Crippen molar-refractivity contribution in [3.05, 3.63) is 60.8 Å². The molecule has 0 spiro atoms. The number of rotatable bonds is 52. The molecule has 0 aliphatic rings. The van der Waals surface area contributed by atoms with E-state index in [0.717, 1.165) is 116 Å². The summed E-state index contributed by atoms with van der Waals surface area (Å²) in [5, 5.41) is 9.80. The quantitative estimate of drug-likeness (QED) is 0.0197. The van der Waals surface area contributed by atoms with Crippen LogP contribution in [0.3, 0.4) is 0 Å². The van der Waals surface area contributed by atoms with Crippen LogP contribution in [0.25, 0.3) is 0 Å². The summed E-state index contributed by atoms with van der Waals surface area (Å²) in [6.07, 6.45) is 56.0. The third-order valence-electron chi connectivity index (χ3n) is 11.9. The number of phosphoric ester groups is 1. The molecule has 0 rings (SSSR count). The molecular formula is C58H103O11P. The van der Waals surface area contributed by atoms with Gasteiger partial charge in [0.15, 0.2) is 6.10 Å². The van der Waals surface area contributed by atoms with Crippen molar-refractivity contribution in [1.82, 2.24) is 0 Å². The number of aliphatic hydroxyl groups excluding tert-OH is 1. The van der Waals surface area contributed by atoms with Gasteiger partial charge in [-0.2, -0.15) is 0 Å². The van der Waals surface area contributed by atoms with Crippen molar-refractivity contribution in [2.75, 3.05) is 26.4 Å². The Morgan fingerprint density at radius 1 is 0.414 bits per heavy atom. The Labute approximate surface area is 427 Å². The molecule has 0 bridgehead atoms. The summed E-state index contributed by atoms with van der Waals surface area (Å²) in [6, 6.07) is 0. The van der Waals surface area contributed by atoms with Gasteiger partial charge < -0.3 is 24.2 Å². The highest BCUT2D eigenvalue weighted by Crippen LogP contribution is 2.43. The molecule has 0 fully saturated rings. The fourth-order valence-electron chi connectivity index (χ4n) is 7.64. The van der Waals surface area contributed by atoms with Gasteiger partial charge in [-0.05, 0) is 83.5 Å². The van der Waals surface area contributed by atoms with Gasteiger partial charge in [0.2, 0.25) is 0 Å². The molecule has 12 heteroatoms. The van der Waals surface area contributed by atoms with Crippen molar-refractivity contribution >= 4 is 25.7 Å². The van der Waals surface area contributed by atoms with Crippen LogP contribution in [0.5, 0.6) is 0 Å². The van der Waals surface area contributed by atoms with E-state index in [0.29, 0.717) is 19.3 Å². The van der Waals surface area contributed by atoms with Crippen molar-refractivity contribution in [1.29, 1.82) is 0 Å². The summed E-state index contributed by atoms with van der Waals surface area (Å²) in [6.45, 7) is 4.48. The third-order valence-corrected chi connectivity index (χ3v) is 12.9. The predicted octanol–water partition coefficient (Wildman–Crippen LogP) is 16.4. The van der Waals surface area contributed by atoms with Gasteiger partial charge in [0, 0.05) is 19.3 Å². The second-order valence-electron chi connectivity index (χ2n) is 18.7. The van der Waals surface area contributed by atoms with E-state index < -0.39 is 57.8 Å². The van der Waals surface area contributed by atoms with Crippen LogP contribution in [0.2, 0.25) is 0 Å². The van der Waals surface area contributed by atoms with Gasteiger partial charge in [-0.15, -0.1) is 0 Å². The van der Waals surface area contributed by atoms with Gasteiger partial charge in [0.25, 0.3) is 0 Å². The molecule has 0 aliphatic heterocycles. The Kier molecular flexibility index (Phi) is 50.4. The van der Waals surface area contributed by atoms with Crippen LogP contribution in [-0.4, -0.2) is 66.5 Å². The minimum absolute atomic E-state index is 0.148. The first kappa shape index (κ1) is 67.2. The molecule has 0 heterocycles. The van der Waals surface area contributed by atoms with Crippen LogP contribution < -0.4 is 0 Å². The highest BCUT2D eigenvalue weighted by molar-refractivity contribution is 7.47. The number of esters is 3. The number of carbonyl (C=O) groups is 3. The number of hydrogen-bond donors (Lipinski definition) is 2. The van der Waals surface area contributed by atoms with Gasteiger partial charge >= 0.3 is 25.7 Å². The molecule has 11 nitrogen and oxygen atoms in total. The SMILES string of the molecule is CC/C=C\C/C=C\C/C=C\CCCCCCCC(=O)OCC(COP(=O)(O)OCC(CO)OC(=O)CCCCCCCCCCCCCCC)OC(=O)CCCCCCC/C=C\C/C=C\CCCCC. The van der Waals surface area contributed by atoms with Crippen molar-refractivity contribution in [3.8, 4) is 0 Å². The van der Waals surface area contributed by atoms with Crippen LogP contribution in [0.1, 0.15) is 252 Å². The van der Waals surface area contributed by atoms with E-state index >= 15 is 0 Å². The van der Waals surface area contributed by atoms with Crippen molar-refractivity contribution < 1.29 is 52.2 Å². The molecule has 0 aromatic rings. The summed E-state index contributed by atoms with van der Waals surface area (Å²) in [5.41, 5.74) is 0. The summed E-state index contributed by atoms with van der Waals surface area (Å²) in [7, 11) is -4.75. The smallest absolute Gasteiger partial charge is 0.462 e. The van der Waals surface area contributed by atoms with E-state index in [-0.39, 0.29) is 25.9 Å². The second-order valence-corrected chi connectivity index (χ2v) is 20.2.